The summed E-state index contributed by atoms with van der Waals surface area (Å²) < 4.78 is 0. The third-order valence-corrected chi connectivity index (χ3v) is 9.27. The van der Waals surface area contributed by atoms with Gasteiger partial charge < -0.3 is 0 Å². The largest absolute Gasteiger partial charge is 0.175 e. The van der Waals surface area contributed by atoms with Gasteiger partial charge in [0.2, 0.25) is 0 Å². The molecule has 0 spiro atoms. The van der Waals surface area contributed by atoms with Gasteiger partial charge in [0.15, 0.2) is 0 Å². The fourth-order valence-electron chi connectivity index (χ4n) is 6.95. The highest BCUT2D eigenvalue weighted by molar-refractivity contribution is 7.81. The molecule has 0 amide bonds. The molecule has 28 heavy (non-hydrogen) atoms. The minimum atomic E-state index is 0.362. The molecule has 5 atom stereocenters. The maximum atomic E-state index is 6.31. The summed E-state index contributed by atoms with van der Waals surface area (Å²) >= 11 is 11.2. The van der Waals surface area contributed by atoms with Gasteiger partial charge in [-0.1, -0.05) is 85.5 Å². The lowest BCUT2D eigenvalue weighted by Crippen LogP contribution is -2.40. The van der Waals surface area contributed by atoms with Crippen LogP contribution in [-0.4, -0.2) is 11.1 Å². The van der Waals surface area contributed by atoms with E-state index in [0.717, 1.165) is 17.8 Å². The van der Waals surface area contributed by atoms with Crippen LogP contribution in [0, 0.1) is 28.6 Å². The third-order valence-electron chi connectivity index (χ3n) is 8.31. The van der Waals surface area contributed by atoms with Gasteiger partial charge in [0.05, 0.1) is 0 Å². The maximum absolute atomic E-state index is 6.31. The molecule has 2 aliphatic rings. The highest BCUT2D eigenvalue weighted by atomic mass is 35.5. The van der Waals surface area contributed by atoms with Crippen molar-refractivity contribution in [2.75, 3.05) is 5.88 Å². The van der Waals surface area contributed by atoms with E-state index in [2.05, 4.69) is 27.7 Å². The lowest BCUT2D eigenvalue weighted by molar-refractivity contribution is 0.0220. The van der Waals surface area contributed by atoms with Crippen molar-refractivity contribution < 1.29 is 0 Å². The number of alkyl halides is 1. The van der Waals surface area contributed by atoms with E-state index in [9.17, 15) is 0 Å². The molecule has 2 aliphatic carbocycles. The Bertz CT molecular complexity index is 436. The van der Waals surface area contributed by atoms with Gasteiger partial charge >= 0.3 is 0 Å². The first-order valence-corrected chi connectivity index (χ1v) is 13.6. The number of hydrogen-bond acceptors (Lipinski definition) is 1. The SMILES string of the molecule is CC(C)CCC12CCCCCC(C)CCCCCC1(CC(S)CCl)CC(C)C2. The molecule has 0 aliphatic heterocycles. The van der Waals surface area contributed by atoms with Gasteiger partial charge in [-0.15, -0.1) is 11.6 Å². The molecule has 0 aromatic rings. The Hall–Kier alpha value is 0.640. The van der Waals surface area contributed by atoms with Crippen LogP contribution in [0.1, 0.15) is 124 Å². The second-order valence-corrected chi connectivity index (χ2v) is 12.4. The van der Waals surface area contributed by atoms with E-state index in [1.807, 2.05) is 0 Å². The normalized spacial score (nSPS) is 37.0. The topological polar surface area (TPSA) is 0 Å². The highest BCUT2D eigenvalue weighted by Gasteiger charge is 2.55. The van der Waals surface area contributed by atoms with Gasteiger partial charge in [-0.25, -0.2) is 0 Å². The predicted octanol–water partition coefficient (Wildman–Crippen LogP) is 9.30. The Kier molecular flexibility index (Phi) is 10.6. The molecular formula is C26H49ClS. The average Bonchev–Trinajstić information content (AvgIpc) is 2.90. The number of thiol groups is 1. The molecule has 0 aromatic heterocycles. The minimum absolute atomic E-state index is 0.362. The monoisotopic (exact) mass is 428 g/mol. The molecule has 0 aromatic carbocycles. The third kappa shape index (κ3) is 6.83. The quantitative estimate of drug-likeness (QED) is 0.316. The van der Waals surface area contributed by atoms with Crippen LogP contribution in [-0.2, 0) is 0 Å². The van der Waals surface area contributed by atoms with E-state index < -0.39 is 0 Å². The predicted molar refractivity (Wildman–Crippen MR) is 131 cm³/mol. The van der Waals surface area contributed by atoms with Crippen molar-refractivity contribution in [3.63, 3.8) is 0 Å². The van der Waals surface area contributed by atoms with Crippen LogP contribution >= 0.6 is 24.2 Å². The second kappa shape index (κ2) is 11.9. The molecule has 2 fully saturated rings. The Morgan fingerprint density at radius 1 is 0.857 bits per heavy atom. The molecule has 166 valence electrons. The van der Waals surface area contributed by atoms with Crippen molar-refractivity contribution in [1.82, 2.24) is 0 Å². The maximum Gasteiger partial charge on any atom is 0.0340 e. The van der Waals surface area contributed by atoms with Gasteiger partial charge in [0.1, 0.15) is 0 Å². The van der Waals surface area contributed by atoms with E-state index >= 15 is 0 Å². The van der Waals surface area contributed by atoms with Crippen molar-refractivity contribution in [2.24, 2.45) is 28.6 Å². The zero-order valence-electron chi connectivity index (χ0n) is 19.4. The van der Waals surface area contributed by atoms with Gasteiger partial charge in [-0.2, -0.15) is 12.6 Å². The van der Waals surface area contributed by atoms with Gasteiger partial charge in [0, 0.05) is 11.1 Å². The van der Waals surface area contributed by atoms with Crippen LogP contribution in [0.2, 0.25) is 0 Å². The smallest absolute Gasteiger partial charge is 0.0340 e. The van der Waals surface area contributed by atoms with Crippen molar-refractivity contribution in [2.45, 2.75) is 129 Å². The Labute approximate surface area is 187 Å². The zero-order chi connectivity index (χ0) is 20.6. The van der Waals surface area contributed by atoms with Crippen LogP contribution in [0.25, 0.3) is 0 Å². The summed E-state index contributed by atoms with van der Waals surface area (Å²) in [5, 5.41) is 0.362. The molecule has 0 radical (unpaired) electrons. The fraction of sp³-hybridized carbons (Fsp3) is 1.00. The zero-order valence-corrected chi connectivity index (χ0v) is 21.1. The standard InChI is InChI=1S/C26H49ClS/c1-21(2)13-16-25-14-9-5-7-11-22(3)12-8-6-10-15-26(25,18-23(4)17-25)19-24(28)20-27/h21-24,28H,5-20H2,1-4H3. The Balaban J connectivity index is 2.29. The highest BCUT2D eigenvalue weighted by Crippen LogP contribution is 2.65. The summed E-state index contributed by atoms with van der Waals surface area (Å²) in [5.74, 6) is 3.32. The summed E-state index contributed by atoms with van der Waals surface area (Å²) in [7, 11) is 0. The van der Waals surface area contributed by atoms with Crippen LogP contribution in [0.15, 0.2) is 0 Å². The summed E-state index contributed by atoms with van der Waals surface area (Å²) in [5.41, 5.74) is 1.03. The molecule has 2 rings (SSSR count). The molecule has 0 heterocycles. The molecule has 0 nitrogen and oxygen atoms in total. The van der Waals surface area contributed by atoms with E-state index in [4.69, 9.17) is 24.2 Å². The Morgan fingerprint density at radius 3 is 2.00 bits per heavy atom. The van der Waals surface area contributed by atoms with E-state index in [0.29, 0.717) is 22.0 Å². The van der Waals surface area contributed by atoms with E-state index in [1.165, 1.54) is 96.3 Å². The summed E-state index contributed by atoms with van der Waals surface area (Å²) in [6, 6.07) is 0. The summed E-state index contributed by atoms with van der Waals surface area (Å²) in [4.78, 5) is 0. The molecule has 2 heteroatoms. The van der Waals surface area contributed by atoms with Gasteiger partial charge in [-0.05, 0) is 67.1 Å². The van der Waals surface area contributed by atoms with Crippen molar-refractivity contribution >= 4 is 24.2 Å². The molecule has 0 N–H and O–H groups in total. The van der Waals surface area contributed by atoms with Gasteiger partial charge in [-0.3, -0.25) is 0 Å². The van der Waals surface area contributed by atoms with Crippen LogP contribution in [0.4, 0.5) is 0 Å². The van der Waals surface area contributed by atoms with Crippen LogP contribution in [0.5, 0.6) is 0 Å². The van der Waals surface area contributed by atoms with E-state index in [1.54, 1.807) is 0 Å². The second-order valence-electron chi connectivity index (χ2n) is 11.3. The fourth-order valence-corrected chi connectivity index (χ4v) is 7.41. The van der Waals surface area contributed by atoms with Crippen LogP contribution in [0.3, 0.4) is 0 Å². The minimum Gasteiger partial charge on any atom is -0.175 e. The average molecular weight is 429 g/mol. The van der Waals surface area contributed by atoms with E-state index in [-0.39, 0.29) is 0 Å². The Morgan fingerprint density at radius 2 is 1.43 bits per heavy atom. The van der Waals surface area contributed by atoms with Crippen molar-refractivity contribution in [1.29, 1.82) is 0 Å². The molecule has 0 saturated heterocycles. The molecule has 0 bridgehead atoms. The number of rotatable bonds is 6. The number of hydrogen-bond donors (Lipinski definition) is 1. The first-order chi connectivity index (χ1) is 13.3. The first-order valence-electron chi connectivity index (χ1n) is 12.6. The number of fused-ring (bicyclic) bond motifs is 1. The lowest BCUT2D eigenvalue weighted by atomic mass is 9.57. The molecular weight excluding hydrogens is 380 g/mol. The molecule has 5 unspecified atom stereocenters. The van der Waals surface area contributed by atoms with Crippen molar-refractivity contribution in [3.05, 3.63) is 0 Å². The van der Waals surface area contributed by atoms with Crippen molar-refractivity contribution in [3.8, 4) is 0 Å². The molecule has 2 saturated carbocycles. The number of halogens is 1. The lowest BCUT2D eigenvalue weighted by Gasteiger charge is -2.49. The first kappa shape index (κ1) is 24.9. The van der Waals surface area contributed by atoms with Crippen LogP contribution < -0.4 is 0 Å². The van der Waals surface area contributed by atoms with Gasteiger partial charge in [0.25, 0.3) is 0 Å². The summed E-state index contributed by atoms with van der Waals surface area (Å²) in [6.45, 7) is 9.84. The summed E-state index contributed by atoms with van der Waals surface area (Å²) in [6.07, 6.45) is 21.4.